The quantitative estimate of drug-likeness (QED) is 0.529. The monoisotopic (exact) mass is 434 g/mol. The van der Waals surface area contributed by atoms with E-state index in [4.69, 9.17) is 9.40 Å². The lowest BCUT2D eigenvalue weighted by Gasteiger charge is -2.37. The molecule has 3 aromatic heterocycles. The first-order valence-corrected chi connectivity index (χ1v) is 11.1. The minimum Gasteiger partial charge on any atom is -0.459 e. The molecule has 4 heterocycles. The van der Waals surface area contributed by atoms with Crippen LogP contribution in [0, 0.1) is 0 Å². The predicted octanol–water partition coefficient (Wildman–Crippen LogP) is 3.76. The highest BCUT2D eigenvalue weighted by Crippen LogP contribution is 2.31. The lowest BCUT2D eigenvalue weighted by molar-refractivity contribution is 0.0547. The van der Waals surface area contributed by atoms with Crippen LogP contribution in [-0.4, -0.2) is 51.9 Å². The number of nitrogens with one attached hydrogen (secondary N) is 1. The average Bonchev–Trinajstić information content (AvgIpc) is 3.49. The van der Waals surface area contributed by atoms with Gasteiger partial charge < -0.3 is 14.3 Å². The number of aromatic amines is 1. The molecule has 7 nitrogen and oxygen atoms in total. The molecular weight excluding hydrogens is 412 g/mol. The van der Waals surface area contributed by atoms with E-state index in [0.29, 0.717) is 43.1 Å². The summed E-state index contributed by atoms with van der Waals surface area (Å²) in [5.74, 6) is 0.937. The van der Waals surface area contributed by atoms with E-state index in [0.717, 1.165) is 16.0 Å². The van der Waals surface area contributed by atoms with Gasteiger partial charge in [0.25, 0.3) is 11.5 Å². The van der Waals surface area contributed by atoms with Gasteiger partial charge in [-0.3, -0.25) is 14.5 Å². The van der Waals surface area contributed by atoms with E-state index in [1.54, 1.807) is 17.0 Å². The molecule has 0 aliphatic carbocycles. The number of thiophene rings is 1. The Morgan fingerprint density at radius 3 is 2.61 bits per heavy atom. The number of amides is 1. The van der Waals surface area contributed by atoms with Crippen LogP contribution in [0.4, 0.5) is 0 Å². The van der Waals surface area contributed by atoms with Gasteiger partial charge in [0.2, 0.25) is 0 Å². The first-order valence-electron chi connectivity index (χ1n) is 10.3. The predicted molar refractivity (Wildman–Crippen MR) is 120 cm³/mol. The molecule has 4 aromatic rings. The van der Waals surface area contributed by atoms with Crippen molar-refractivity contribution < 1.29 is 9.21 Å². The maximum atomic E-state index is 12.9. The van der Waals surface area contributed by atoms with Gasteiger partial charge in [0.15, 0.2) is 5.76 Å². The van der Waals surface area contributed by atoms with Crippen molar-refractivity contribution in [3.63, 3.8) is 0 Å². The number of furan rings is 1. The highest BCUT2D eigenvalue weighted by Gasteiger charge is 2.28. The summed E-state index contributed by atoms with van der Waals surface area (Å²) in [5.41, 5.74) is 1.82. The summed E-state index contributed by atoms with van der Waals surface area (Å²) < 4.78 is 5.23. The van der Waals surface area contributed by atoms with Gasteiger partial charge in [-0.05, 0) is 24.6 Å². The van der Waals surface area contributed by atoms with Crippen molar-refractivity contribution in [2.45, 2.75) is 13.0 Å². The van der Waals surface area contributed by atoms with Gasteiger partial charge in [-0.2, -0.15) is 0 Å². The van der Waals surface area contributed by atoms with Gasteiger partial charge in [0.1, 0.15) is 10.7 Å². The smallest absolute Gasteiger partial charge is 0.289 e. The fourth-order valence-electron chi connectivity index (χ4n) is 4.03. The molecule has 0 bridgehead atoms. The van der Waals surface area contributed by atoms with Crippen LogP contribution in [0.1, 0.15) is 29.3 Å². The average molecular weight is 435 g/mol. The summed E-state index contributed by atoms with van der Waals surface area (Å²) in [4.78, 5) is 38.0. The van der Waals surface area contributed by atoms with Crippen molar-refractivity contribution in [1.29, 1.82) is 0 Å². The molecular formula is C23H22N4O3S. The third kappa shape index (κ3) is 3.68. The fraction of sp³-hybridized carbons (Fsp3) is 0.261. The number of rotatable bonds is 4. The molecule has 1 aliphatic rings. The van der Waals surface area contributed by atoms with E-state index < -0.39 is 0 Å². The van der Waals surface area contributed by atoms with Gasteiger partial charge >= 0.3 is 0 Å². The standard InChI is InChI=1S/C23H22N4O3S/c1-15(26-9-11-27(12-10-26)23(29)18-8-5-13-30-18)20-24-21(28)19-17(14-31-22(19)25-20)16-6-3-2-4-7-16/h2-8,13-15H,9-12H2,1H3,(H,24,25,28)/t15-/m1/s1. The zero-order chi connectivity index (χ0) is 21.4. The molecule has 0 saturated carbocycles. The number of aromatic nitrogens is 2. The van der Waals surface area contributed by atoms with Crippen LogP contribution in [0.15, 0.2) is 63.3 Å². The molecule has 1 N–H and O–H groups in total. The molecule has 1 aliphatic heterocycles. The third-order valence-electron chi connectivity index (χ3n) is 5.82. The lowest BCUT2D eigenvalue weighted by atomic mass is 10.1. The van der Waals surface area contributed by atoms with E-state index in [-0.39, 0.29) is 17.5 Å². The van der Waals surface area contributed by atoms with Crippen molar-refractivity contribution in [3.8, 4) is 11.1 Å². The van der Waals surface area contributed by atoms with Gasteiger partial charge in [0, 0.05) is 37.1 Å². The molecule has 1 atom stereocenters. The van der Waals surface area contributed by atoms with E-state index in [2.05, 4.69) is 9.88 Å². The van der Waals surface area contributed by atoms with E-state index >= 15 is 0 Å². The van der Waals surface area contributed by atoms with Gasteiger partial charge in [-0.25, -0.2) is 4.98 Å². The van der Waals surface area contributed by atoms with Crippen LogP contribution in [0.25, 0.3) is 21.3 Å². The molecule has 0 radical (unpaired) electrons. The Morgan fingerprint density at radius 2 is 1.90 bits per heavy atom. The van der Waals surface area contributed by atoms with Crippen LogP contribution in [0.5, 0.6) is 0 Å². The Morgan fingerprint density at radius 1 is 1.13 bits per heavy atom. The highest BCUT2D eigenvalue weighted by molar-refractivity contribution is 7.17. The lowest BCUT2D eigenvalue weighted by Crippen LogP contribution is -2.49. The second kappa shape index (κ2) is 8.13. The zero-order valence-corrected chi connectivity index (χ0v) is 17.9. The molecule has 1 aromatic carbocycles. The number of H-pyrrole nitrogens is 1. The van der Waals surface area contributed by atoms with Crippen LogP contribution in [-0.2, 0) is 0 Å². The largest absolute Gasteiger partial charge is 0.459 e. The number of benzene rings is 1. The second-order valence-electron chi connectivity index (χ2n) is 7.63. The number of carbonyl (C=O) groups excluding carboxylic acids is 1. The first kappa shape index (κ1) is 19.7. The summed E-state index contributed by atoms with van der Waals surface area (Å²) in [6.07, 6.45) is 1.51. The minimum atomic E-state index is -0.112. The highest BCUT2D eigenvalue weighted by atomic mass is 32.1. The zero-order valence-electron chi connectivity index (χ0n) is 17.1. The van der Waals surface area contributed by atoms with Crippen molar-refractivity contribution in [2.75, 3.05) is 26.2 Å². The van der Waals surface area contributed by atoms with Crippen molar-refractivity contribution in [3.05, 3.63) is 76.0 Å². The number of hydrogen-bond acceptors (Lipinski definition) is 6. The minimum absolute atomic E-state index is 0.0553. The Labute approximate surface area is 182 Å². The summed E-state index contributed by atoms with van der Waals surface area (Å²) in [6, 6.07) is 13.2. The molecule has 1 fully saturated rings. The van der Waals surface area contributed by atoms with Crippen LogP contribution in [0.3, 0.4) is 0 Å². The number of fused-ring (bicyclic) bond motifs is 1. The van der Waals surface area contributed by atoms with Crippen LogP contribution < -0.4 is 5.56 Å². The van der Waals surface area contributed by atoms with E-state index in [1.807, 2.05) is 42.6 Å². The Balaban J connectivity index is 1.34. The molecule has 5 rings (SSSR count). The topological polar surface area (TPSA) is 82.4 Å². The Bertz CT molecular complexity index is 1260. The number of carbonyl (C=O) groups is 1. The molecule has 158 valence electrons. The molecule has 31 heavy (non-hydrogen) atoms. The van der Waals surface area contributed by atoms with Crippen LogP contribution >= 0.6 is 11.3 Å². The second-order valence-corrected chi connectivity index (χ2v) is 8.49. The number of hydrogen-bond donors (Lipinski definition) is 1. The number of nitrogens with zero attached hydrogens (tertiary/aromatic N) is 3. The van der Waals surface area contributed by atoms with E-state index in [9.17, 15) is 9.59 Å². The Kier molecular flexibility index (Phi) is 5.17. The van der Waals surface area contributed by atoms with Crippen LogP contribution in [0.2, 0.25) is 0 Å². The van der Waals surface area contributed by atoms with Gasteiger partial charge in [-0.15, -0.1) is 11.3 Å². The Hall–Kier alpha value is -3.23. The summed E-state index contributed by atoms with van der Waals surface area (Å²) >= 11 is 1.49. The van der Waals surface area contributed by atoms with Crippen molar-refractivity contribution >= 4 is 27.5 Å². The summed E-state index contributed by atoms with van der Waals surface area (Å²) in [5, 5.41) is 2.64. The summed E-state index contributed by atoms with van der Waals surface area (Å²) in [7, 11) is 0. The molecule has 1 saturated heterocycles. The summed E-state index contributed by atoms with van der Waals surface area (Å²) in [6.45, 7) is 4.66. The molecule has 0 spiro atoms. The molecule has 8 heteroatoms. The van der Waals surface area contributed by atoms with Gasteiger partial charge in [0.05, 0.1) is 17.7 Å². The SMILES string of the molecule is C[C@H](c1nc2scc(-c3ccccc3)c2c(=O)[nH]1)N1CCN(C(=O)c2ccco2)CC1. The van der Waals surface area contributed by atoms with Gasteiger partial charge in [-0.1, -0.05) is 30.3 Å². The molecule has 0 unspecified atom stereocenters. The van der Waals surface area contributed by atoms with Crippen molar-refractivity contribution in [2.24, 2.45) is 0 Å². The van der Waals surface area contributed by atoms with E-state index in [1.165, 1.54) is 17.6 Å². The normalized spacial score (nSPS) is 16.0. The number of piperazine rings is 1. The molecule has 1 amide bonds. The third-order valence-corrected chi connectivity index (χ3v) is 6.70. The first-order chi connectivity index (χ1) is 15.1. The maximum Gasteiger partial charge on any atom is 0.289 e. The fourth-order valence-corrected chi connectivity index (χ4v) is 4.99. The van der Waals surface area contributed by atoms with Crippen molar-refractivity contribution in [1.82, 2.24) is 19.8 Å². The maximum absolute atomic E-state index is 12.9.